The van der Waals surface area contributed by atoms with Gasteiger partial charge in [-0.1, -0.05) is 70.7 Å². The van der Waals surface area contributed by atoms with Crippen molar-refractivity contribution in [2.24, 2.45) is 0 Å². The molecule has 0 radical (unpaired) electrons. The van der Waals surface area contributed by atoms with E-state index < -0.39 is 31.9 Å². The van der Waals surface area contributed by atoms with Crippen LogP contribution in [0.5, 0.6) is 11.5 Å². The first-order valence-corrected chi connectivity index (χ1v) is 10.9. The number of rotatable bonds is 4. The van der Waals surface area contributed by atoms with Crippen LogP contribution in [0.2, 0.25) is 20.1 Å². The molecule has 0 aliphatic rings. The van der Waals surface area contributed by atoms with Crippen molar-refractivity contribution in [2.75, 3.05) is 0 Å². The molecule has 29 heavy (non-hydrogen) atoms. The van der Waals surface area contributed by atoms with Crippen LogP contribution in [0.15, 0.2) is 54.6 Å². The molecule has 10 heteroatoms. The third-order valence-corrected chi connectivity index (χ3v) is 7.24. The molecular formula is C19H12Cl4O5S. The summed E-state index contributed by atoms with van der Waals surface area (Å²) in [5.41, 5.74) is -0.857. The van der Waals surface area contributed by atoms with E-state index in [9.17, 15) is 23.2 Å². The molecule has 3 aromatic carbocycles. The van der Waals surface area contributed by atoms with Gasteiger partial charge in [0.2, 0.25) is 0 Å². The van der Waals surface area contributed by atoms with Gasteiger partial charge in [0.05, 0.1) is 20.6 Å². The molecule has 3 N–H and O–H groups in total. The zero-order valence-electron chi connectivity index (χ0n) is 14.3. The summed E-state index contributed by atoms with van der Waals surface area (Å²) in [6.45, 7) is 0. The Labute approximate surface area is 186 Å². The number of phenols is 2. The number of hydrogen-bond acceptors (Lipinski definition) is 4. The van der Waals surface area contributed by atoms with Crippen molar-refractivity contribution < 1.29 is 23.2 Å². The minimum atomic E-state index is -5.16. The zero-order chi connectivity index (χ0) is 21.6. The van der Waals surface area contributed by atoms with Crippen LogP contribution in [-0.4, -0.2) is 23.2 Å². The highest BCUT2D eigenvalue weighted by Gasteiger charge is 2.53. The second-order valence-corrected chi connectivity index (χ2v) is 9.25. The molecule has 0 heterocycles. The van der Waals surface area contributed by atoms with Crippen molar-refractivity contribution in [2.45, 2.75) is 4.75 Å². The largest absolute Gasteiger partial charge is 0.507 e. The zero-order valence-corrected chi connectivity index (χ0v) is 18.1. The molecule has 3 rings (SSSR count). The molecular weight excluding hydrogens is 482 g/mol. The lowest BCUT2D eigenvalue weighted by molar-refractivity contribution is 0.416. The summed E-state index contributed by atoms with van der Waals surface area (Å²) >= 11 is 24.4. The van der Waals surface area contributed by atoms with Crippen molar-refractivity contribution in [3.05, 3.63) is 91.4 Å². The lowest BCUT2D eigenvalue weighted by atomic mass is 9.82. The molecule has 1 atom stereocenters. The quantitative estimate of drug-likeness (QED) is 0.311. The summed E-state index contributed by atoms with van der Waals surface area (Å²) in [6, 6.07) is 11.8. The van der Waals surface area contributed by atoms with Gasteiger partial charge in [0.1, 0.15) is 11.5 Å². The summed E-state index contributed by atoms with van der Waals surface area (Å²) < 4.78 is 33.9. The van der Waals surface area contributed by atoms with Crippen LogP contribution in [0.4, 0.5) is 0 Å². The smallest absolute Gasteiger partial charge is 0.283 e. The molecule has 0 saturated carbocycles. The predicted molar refractivity (Wildman–Crippen MR) is 114 cm³/mol. The number of aromatic hydroxyl groups is 2. The van der Waals surface area contributed by atoms with Gasteiger partial charge in [-0.3, -0.25) is 4.55 Å². The highest BCUT2D eigenvalue weighted by atomic mass is 35.5. The summed E-state index contributed by atoms with van der Waals surface area (Å²) in [5, 5.41) is 21.0. The van der Waals surface area contributed by atoms with Crippen LogP contribution in [0.3, 0.4) is 0 Å². The van der Waals surface area contributed by atoms with E-state index in [0.717, 1.165) is 6.07 Å². The lowest BCUT2D eigenvalue weighted by Crippen LogP contribution is -2.38. The van der Waals surface area contributed by atoms with Crippen LogP contribution in [0, 0.1) is 0 Å². The molecule has 1 unspecified atom stereocenters. The maximum absolute atomic E-state index is 13.0. The summed E-state index contributed by atoms with van der Waals surface area (Å²) in [7, 11) is -5.16. The van der Waals surface area contributed by atoms with E-state index in [4.69, 9.17) is 46.4 Å². The third kappa shape index (κ3) is 3.54. The van der Waals surface area contributed by atoms with Gasteiger partial charge in [-0.2, -0.15) is 8.42 Å². The van der Waals surface area contributed by atoms with E-state index in [1.807, 2.05) is 0 Å². The minimum absolute atomic E-state index is 0.00726. The van der Waals surface area contributed by atoms with Gasteiger partial charge >= 0.3 is 0 Å². The van der Waals surface area contributed by atoms with Crippen molar-refractivity contribution in [1.29, 1.82) is 0 Å². The topological polar surface area (TPSA) is 94.8 Å². The molecule has 0 amide bonds. The minimum Gasteiger partial charge on any atom is -0.507 e. The predicted octanol–water partition coefficient (Wildman–Crippen LogP) is 5.89. The molecule has 0 aromatic heterocycles. The Kier molecular flexibility index (Phi) is 5.98. The maximum atomic E-state index is 13.0. The fraction of sp³-hybridized carbons (Fsp3) is 0.0526. The van der Waals surface area contributed by atoms with Gasteiger partial charge in [0.25, 0.3) is 10.1 Å². The number of halogens is 4. The normalized spacial score (nSPS) is 13.8. The summed E-state index contributed by atoms with van der Waals surface area (Å²) in [5.74, 6) is -1.40. The fourth-order valence-electron chi connectivity index (χ4n) is 3.21. The van der Waals surface area contributed by atoms with Crippen LogP contribution in [-0.2, 0) is 14.9 Å². The first-order valence-electron chi connectivity index (χ1n) is 7.90. The van der Waals surface area contributed by atoms with E-state index in [2.05, 4.69) is 0 Å². The third-order valence-electron chi connectivity index (χ3n) is 4.43. The average Bonchev–Trinajstić information content (AvgIpc) is 2.65. The Morgan fingerprint density at radius 2 is 1.41 bits per heavy atom. The molecule has 0 bridgehead atoms. The van der Waals surface area contributed by atoms with Gasteiger partial charge < -0.3 is 10.2 Å². The van der Waals surface area contributed by atoms with Gasteiger partial charge in [-0.15, -0.1) is 0 Å². The van der Waals surface area contributed by atoms with Gasteiger partial charge in [-0.25, -0.2) is 0 Å². The Morgan fingerprint density at radius 1 is 0.793 bits per heavy atom. The summed E-state index contributed by atoms with van der Waals surface area (Å²) in [4.78, 5) is 0. The summed E-state index contributed by atoms with van der Waals surface area (Å²) in [6.07, 6.45) is 0. The average molecular weight is 494 g/mol. The Bertz CT molecular complexity index is 1200. The SMILES string of the molecule is O=S(=O)(O)C(c1ccc(Cl)cc1)(c1cccc(Cl)c1Cl)c1c(O)ccc(Cl)c1O. The van der Waals surface area contributed by atoms with E-state index in [0.29, 0.717) is 0 Å². The molecule has 5 nitrogen and oxygen atoms in total. The van der Waals surface area contributed by atoms with E-state index in [1.54, 1.807) is 0 Å². The molecule has 152 valence electrons. The lowest BCUT2D eigenvalue weighted by Gasteiger charge is -2.34. The Morgan fingerprint density at radius 3 is 2.00 bits per heavy atom. The van der Waals surface area contributed by atoms with Crippen LogP contribution < -0.4 is 0 Å². The van der Waals surface area contributed by atoms with Crippen molar-refractivity contribution in [3.63, 3.8) is 0 Å². The van der Waals surface area contributed by atoms with Gasteiger partial charge in [-0.05, 0) is 35.9 Å². The monoisotopic (exact) mass is 492 g/mol. The number of benzene rings is 3. The molecule has 0 saturated heterocycles. The Hall–Kier alpha value is -1.67. The van der Waals surface area contributed by atoms with Crippen LogP contribution in [0.1, 0.15) is 16.7 Å². The maximum Gasteiger partial charge on any atom is 0.283 e. The highest BCUT2D eigenvalue weighted by Crippen LogP contribution is 2.54. The van der Waals surface area contributed by atoms with Crippen LogP contribution >= 0.6 is 46.4 Å². The standard InChI is InChI=1S/C19H12Cl4O5S/c20-11-6-4-10(5-7-11)19(29(26,27)28,12-2-1-3-13(21)17(12)23)16-15(24)9-8-14(22)18(16)25/h1-9,24-25H,(H,26,27,28). The van der Waals surface area contributed by atoms with E-state index >= 15 is 0 Å². The molecule has 3 aromatic rings. The fourth-order valence-corrected chi connectivity index (χ4v) is 5.34. The molecule has 0 fully saturated rings. The first kappa shape index (κ1) is 22.0. The van der Waals surface area contributed by atoms with Crippen molar-refractivity contribution in [3.8, 4) is 11.5 Å². The second kappa shape index (κ2) is 7.87. The molecule has 0 aliphatic carbocycles. The second-order valence-electron chi connectivity index (χ2n) is 6.05. The number of hydrogen-bond donors (Lipinski definition) is 3. The van der Waals surface area contributed by atoms with E-state index in [1.165, 1.54) is 48.5 Å². The number of phenolic OH excluding ortho intramolecular Hbond substituents is 2. The molecule has 0 aliphatic heterocycles. The van der Waals surface area contributed by atoms with Gasteiger partial charge in [0.15, 0.2) is 4.75 Å². The highest BCUT2D eigenvalue weighted by molar-refractivity contribution is 7.87. The first-order chi connectivity index (χ1) is 13.5. The van der Waals surface area contributed by atoms with Gasteiger partial charge in [0, 0.05) is 10.6 Å². The van der Waals surface area contributed by atoms with Crippen molar-refractivity contribution >= 4 is 56.5 Å². The van der Waals surface area contributed by atoms with Crippen molar-refractivity contribution in [1.82, 2.24) is 0 Å². The Balaban J connectivity index is 2.65. The van der Waals surface area contributed by atoms with Crippen LogP contribution in [0.25, 0.3) is 0 Å². The molecule has 0 spiro atoms. The van der Waals surface area contributed by atoms with E-state index in [-0.39, 0.29) is 31.2 Å².